The maximum Gasteiger partial charge on any atom is 0.200 e. The lowest BCUT2D eigenvalue weighted by atomic mass is 10.5. The Kier molecular flexibility index (Phi) is 2.00. The van der Waals surface area contributed by atoms with E-state index in [2.05, 4.69) is 30.9 Å². The van der Waals surface area contributed by atoms with Gasteiger partial charge in [-0.2, -0.15) is 0 Å². The van der Waals surface area contributed by atoms with Crippen LogP contribution >= 0.6 is 11.3 Å². The van der Waals surface area contributed by atoms with Gasteiger partial charge in [-0.1, -0.05) is 0 Å². The Balaban J connectivity index is 1.94. The Hall–Kier alpha value is -2.09. The highest BCUT2D eigenvalue weighted by molar-refractivity contribution is 7.13. The number of tetrazole rings is 1. The standard InChI is InChI=1S/C8H7N7S/c1-5-4-16-8(9-5)10-6-2-3-7-11-13-14-15(7)12-6/h2-4H,1H3,(H,9,10,12). The van der Waals surface area contributed by atoms with Gasteiger partial charge in [-0.05, 0) is 29.5 Å². The molecule has 80 valence electrons. The van der Waals surface area contributed by atoms with Gasteiger partial charge in [0.05, 0.1) is 5.69 Å². The van der Waals surface area contributed by atoms with Gasteiger partial charge in [-0.25, -0.2) is 4.98 Å². The number of anilines is 2. The quantitative estimate of drug-likeness (QED) is 0.712. The Labute approximate surface area is 94.1 Å². The zero-order chi connectivity index (χ0) is 11.0. The average molecular weight is 233 g/mol. The van der Waals surface area contributed by atoms with Crippen LogP contribution in [-0.4, -0.2) is 30.2 Å². The lowest BCUT2D eigenvalue weighted by Gasteiger charge is -1.99. The summed E-state index contributed by atoms with van der Waals surface area (Å²) in [7, 11) is 0. The van der Waals surface area contributed by atoms with Gasteiger partial charge in [0.15, 0.2) is 16.6 Å². The Morgan fingerprint density at radius 2 is 2.31 bits per heavy atom. The van der Waals surface area contributed by atoms with Crippen molar-refractivity contribution < 1.29 is 0 Å². The highest BCUT2D eigenvalue weighted by Gasteiger charge is 2.03. The van der Waals surface area contributed by atoms with Gasteiger partial charge in [-0.3, -0.25) is 0 Å². The topological polar surface area (TPSA) is 80.9 Å². The molecule has 0 aromatic carbocycles. The van der Waals surface area contributed by atoms with Crippen LogP contribution in [0.3, 0.4) is 0 Å². The molecular formula is C8H7N7S. The van der Waals surface area contributed by atoms with Crippen LogP contribution in [0.15, 0.2) is 17.5 Å². The molecule has 0 unspecified atom stereocenters. The van der Waals surface area contributed by atoms with Gasteiger partial charge in [0.25, 0.3) is 0 Å². The summed E-state index contributed by atoms with van der Waals surface area (Å²) in [6.07, 6.45) is 0. The molecule has 0 atom stereocenters. The number of nitrogens with zero attached hydrogens (tertiary/aromatic N) is 6. The molecule has 0 amide bonds. The van der Waals surface area contributed by atoms with Gasteiger partial charge < -0.3 is 5.32 Å². The summed E-state index contributed by atoms with van der Waals surface area (Å²) < 4.78 is 1.36. The molecule has 0 aliphatic rings. The zero-order valence-electron chi connectivity index (χ0n) is 8.32. The molecule has 0 fully saturated rings. The Morgan fingerprint density at radius 3 is 3.12 bits per heavy atom. The third kappa shape index (κ3) is 1.58. The third-order valence-corrected chi connectivity index (χ3v) is 2.80. The molecule has 0 radical (unpaired) electrons. The second kappa shape index (κ2) is 3.49. The van der Waals surface area contributed by atoms with E-state index in [4.69, 9.17) is 0 Å². The summed E-state index contributed by atoms with van der Waals surface area (Å²) >= 11 is 1.53. The summed E-state index contributed by atoms with van der Waals surface area (Å²) in [4.78, 5) is 4.28. The van der Waals surface area contributed by atoms with E-state index in [1.165, 1.54) is 16.0 Å². The molecule has 0 aliphatic carbocycles. The van der Waals surface area contributed by atoms with Crippen LogP contribution < -0.4 is 5.32 Å². The first-order chi connectivity index (χ1) is 7.81. The molecule has 0 saturated carbocycles. The smallest absolute Gasteiger partial charge is 0.200 e. The highest BCUT2D eigenvalue weighted by atomic mass is 32.1. The monoisotopic (exact) mass is 233 g/mol. The van der Waals surface area contributed by atoms with Crippen molar-refractivity contribution in [1.29, 1.82) is 0 Å². The highest BCUT2D eigenvalue weighted by Crippen LogP contribution is 2.18. The zero-order valence-corrected chi connectivity index (χ0v) is 9.14. The molecule has 0 spiro atoms. The van der Waals surface area contributed by atoms with E-state index < -0.39 is 0 Å². The van der Waals surface area contributed by atoms with Gasteiger partial charge >= 0.3 is 0 Å². The molecule has 3 rings (SSSR count). The number of fused-ring (bicyclic) bond motifs is 1. The molecule has 0 aliphatic heterocycles. The van der Waals surface area contributed by atoms with Gasteiger partial charge in [-0.15, -0.1) is 26.2 Å². The largest absolute Gasteiger partial charge is 0.315 e. The van der Waals surface area contributed by atoms with Crippen LogP contribution in [0.25, 0.3) is 5.65 Å². The fourth-order valence-corrected chi connectivity index (χ4v) is 1.93. The van der Waals surface area contributed by atoms with E-state index in [-0.39, 0.29) is 0 Å². The minimum atomic E-state index is 0.612. The van der Waals surface area contributed by atoms with Crippen molar-refractivity contribution in [3.8, 4) is 0 Å². The second-order valence-electron chi connectivity index (χ2n) is 3.16. The van der Waals surface area contributed by atoms with E-state index in [1.54, 1.807) is 6.07 Å². The van der Waals surface area contributed by atoms with Crippen LogP contribution in [0.5, 0.6) is 0 Å². The van der Waals surface area contributed by atoms with Crippen LogP contribution in [0.4, 0.5) is 10.9 Å². The number of aryl methyl sites for hydroxylation is 1. The van der Waals surface area contributed by atoms with E-state index in [1.807, 2.05) is 18.4 Å². The molecule has 3 aromatic rings. The molecule has 16 heavy (non-hydrogen) atoms. The summed E-state index contributed by atoms with van der Waals surface area (Å²) in [5.41, 5.74) is 1.59. The third-order valence-electron chi connectivity index (χ3n) is 1.92. The van der Waals surface area contributed by atoms with Crippen molar-refractivity contribution in [3.63, 3.8) is 0 Å². The summed E-state index contributed by atoms with van der Waals surface area (Å²) in [5, 5.41) is 21.0. The van der Waals surface area contributed by atoms with Crippen molar-refractivity contribution in [2.45, 2.75) is 6.92 Å². The maximum absolute atomic E-state index is 4.28. The normalized spacial score (nSPS) is 10.8. The molecule has 8 heteroatoms. The first kappa shape index (κ1) is 9.16. The van der Waals surface area contributed by atoms with Crippen molar-refractivity contribution in [2.24, 2.45) is 0 Å². The minimum Gasteiger partial charge on any atom is -0.315 e. The van der Waals surface area contributed by atoms with Crippen molar-refractivity contribution in [1.82, 2.24) is 30.2 Å². The summed E-state index contributed by atoms with van der Waals surface area (Å²) in [6.45, 7) is 1.94. The van der Waals surface area contributed by atoms with Gasteiger partial charge in [0.1, 0.15) is 0 Å². The van der Waals surface area contributed by atoms with Crippen LogP contribution in [0.1, 0.15) is 5.69 Å². The van der Waals surface area contributed by atoms with Crippen molar-refractivity contribution >= 4 is 27.9 Å². The van der Waals surface area contributed by atoms with E-state index >= 15 is 0 Å². The van der Waals surface area contributed by atoms with E-state index in [9.17, 15) is 0 Å². The van der Waals surface area contributed by atoms with Crippen LogP contribution in [0.2, 0.25) is 0 Å². The minimum absolute atomic E-state index is 0.612. The SMILES string of the molecule is Cc1csc(Nc2ccc3nnnn3n2)n1. The fourth-order valence-electron chi connectivity index (χ4n) is 1.24. The molecule has 3 heterocycles. The Bertz CT molecular complexity index is 628. The Morgan fingerprint density at radius 1 is 1.38 bits per heavy atom. The number of hydrogen-bond acceptors (Lipinski definition) is 7. The predicted octanol–water partition coefficient (Wildman–Crippen LogP) is 1.03. The maximum atomic E-state index is 4.28. The average Bonchev–Trinajstić information content (AvgIpc) is 2.87. The number of hydrogen-bond donors (Lipinski definition) is 1. The second-order valence-corrected chi connectivity index (χ2v) is 4.02. The van der Waals surface area contributed by atoms with Gasteiger partial charge in [0.2, 0.25) is 0 Å². The van der Waals surface area contributed by atoms with Crippen molar-refractivity contribution in [3.05, 3.63) is 23.2 Å². The molecule has 3 aromatic heterocycles. The fraction of sp³-hybridized carbons (Fsp3) is 0.125. The van der Waals surface area contributed by atoms with E-state index in [0.29, 0.717) is 11.5 Å². The number of aromatic nitrogens is 6. The molecular weight excluding hydrogens is 226 g/mol. The first-order valence-electron chi connectivity index (χ1n) is 4.56. The lowest BCUT2D eigenvalue weighted by Crippen LogP contribution is -1.99. The van der Waals surface area contributed by atoms with Crippen LogP contribution in [0, 0.1) is 6.92 Å². The summed E-state index contributed by atoms with van der Waals surface area (Å²) in [6, 6.07) is 3.60. The van der Waals surface area contributed by atoms with Gasteiger partial charge in [0, 0.05) is 5.38 Å². The predicted molar refractivity (Wildman–Crippen MR) is 58.7 cm³/mol. The lowest BCUT2D eigenvalue weighted by molar-refractivity contribution is 0.736. The van der Waals surface area contributed by atoms with Crippen LogP contribution in [-0.2, 0) is 0 Å². The van der Waals surface area contributed by atoms with E-state index in [0.717, 1.165) is 10.8 Å². The first-order valence-corrected chi connectivity index (χ1v) is 5.44. The van der Waals surface area contributed by atoms with Crippen molar-refractivity contribution in [2.75, 3.05) is 5.32 Å². The molecule has 0 saturated heterocycles. The summed E-state index contributed by atoms with van der Waals surface area (Å²) in [5.74, 6) is 0.661. The number of thiazole rings is 1. The number of nitrogens with one attached hydrogen (secondary N) is 1. The molecule has 1 N–H and O–H groups in total. The molecule has 0 bridgehead atoms. The molecule has 7 nitrogen and oxygen atoms in total. The number of rotatable bonds is 2.